The highest BCUT2D eigenvalue weighted by molar-refractivity contribution is 5.85. The van der Waals surface area contributed by atoms with Gasteiger partial charge in [-0.1, -0.05) is 0 Å². The first-order chi connectivity index (χ1) is 7.80. The van der Waals surface area contributed by atoms with Gasteiger partial charge in [0.1, 0.15) is 5.54 Å². The Bertz CT molecular complexity index is 311. The van der Waals surface area contributed by atoms with Crippen LogP contribution in [0.25, 0.3) is 0 Å². The number of carbonyl (C=O) groups excluding carboxylic acids is 1. The first-order valence-corrected chi connectivity index (χ1v) is 6.06. The molecule has 5 heteroatoms. The maximum Gasteiger partial charge on any atom is 0.329 e. The Kier molecular flexibility index (Phi) is 4.01. The van der Waals surface area contributed by atoms with Crippen LogP contribution in [0.2, 0.25) is 0 Å². The molecule has 1 fully saturated rings. The lowest BCUT2D eigenvalue weighted by Crippen LogP contribution is -2.55. The van der Waals surface area contributed by atoms with Crippen molar-refractivity contribution in [1.29, 1.82) is 0 Å². The van der Waals surface area contributed by atoms with Gasteiger partial charge in [-0.25, -0.2) is 9.59 Å². The van der Waals surface area contributed by atoms with Gasteiger partial charge in [0.2, 0.25) is 0 Å². The van der Waals surface area contributed by atoms with Crippen molar-refractivity contribution in [1.82, 2.24) is 9.80 Å². The summed E-state index contributed by atoms with van der Waals surface area (Å²) in [5.74, 6) is -0.379. The van der Waals surface area contributed by atoms with Gasteiger partial charge >= 0.3 is 12.0 Å². The van der Waals surface area contributed by atoms with Gasteiger partial charge in [0.05, 0.1) is 0 Å². The summed E-state index contributed by atoms with van der Waals surface area (Å²) in [4.78, 5) is 26.3. The number of amides is 2. The zero-order valence-electron chi connectivity index (χ0n) is 11.1. The fraction of sp³-hybridized carbons (Fsp3) is 0.833. The molecule has 1 aliphatic rings. The Morgan fingerprint density at radius 1 is 1.35 bits per heavy atom. The number of likely N-dealkylation sites (N-methyl/N-ethyl adjacent to an activating group) is 1. The van der Waals surface area contributed by atoms with E-state index in [9.17, 15) is 9.59 Å². The van der Waals surface area contributed by atoms with E-state index in [4.69, 9.17) is 5.11 Å². The van der Waals surface area contributed by atoms with Crippen LogP contribution in [0.15, 0.2) is 0 Å². The number of carboxylic acid groups (broad SMARTS) is 1. The quantitative estimate of drug-likeness (QED) is 0.797. The third kappa shape index (κ3) is 3.11. The predicted molar refractivity (Wildman–Crippen MR) is 64.8 cm³/mol. The Morgan fingerprint density at radius 3 is 2.24 bits per heavy atom. The molecule has 0 unspecified atom stereocenters. The smallest absolute Gasteiger partial charge is 0.329 e. The number of urea groups is 1. The van der Waals surface area contributed by atoms with E-state index in [0.29, 0.717) is 12.5 Å². The highest BCUT2D eigenvalue weighted by Gasteiger charge is 2.37. The molecule has 0 aromatic heterocycles. The maximum atomic E-state index is 12.2. The van der Waals surface area contributed by atoms with Crippen molar-refractivity contribution < 1.29 is 14.7 Å². The van der Waals surface area contributed by atoms with Crippen molar-refractivity contribution in [3.8, 4) is 0 Å². The fourth-order valence-corrected chi connectivity index (χ4v) is 1.55. The first kappa shape index (κ1) is 13.8. The van der Waals surface area contributed by atoms with Gasteiger partial charge in [0.25, 0.3) is 0 Å². The molecule has 5 nitrogen and oxygen atoms in total. The molecule has 0 atom stereocenters. The molecule has 0 saturated heterocycles. The van der Waals surface area contributed by atoms with Crippen LogP contribution >= 0.6 is 0 Å². The Hall–Kier alpha value is -1.26. The van der Waals surface area contributed by atoms with Crippen LogP contribution in [0.3, 0.4) is 0 Å². The molecule has 1 rings (SSSR count). The largest absolute Gasteiger partial charge is 0.480 e. The fourth-order valence-electron chi connectivity index (χ4n) is 1.55. The SMILES string of the molecule is CCN(CC1CC1)C(=O)N(C)C(C)(C)C(=O)O. The number of carbonyl (C=O) groups is 2. The lowest BCUT2D eigenvalue weighted by Gasteiger charge is -2.35. The molecular formula is C12H22N2O3. The second-order valence-corrected chi connectivity index (χ2v) is 5.19. The summed E-state index contributed by atoms with van der Waals surface area (Å²) in [6, 6.07) is -0.202. The molecule has 1 aliphatic carbocycles. The average molecular weight is 242 g/mol. The summed E-state index contributed by atoms with van der Waals surface area (Å²) in [5.41, 5.74) is -1.17. The Balaban J connectivity index is 2.68. The lowest BCUT2D eigenvalue weighted by molar-refractivity contribution is -0.147. The summed E-state index contributed by atoms with van der Waals surface area (Å²) >= 11 is 0. The van der Waals surface area contributed by atoms with Crippen molar-refractivity contribution in [2.75, 3.05) is 20.1 Å². The monoisotopic (exact) mass is 242 g/mol. The molecule has 17 heavy (non-hydrogen) atoms. The first-order valence-electron chi connectivity index (χ1n) is 6.06. The van der Waals surface area contributed by atoms with Gasteiger partial charge in [-0.3, -0.25) is 0 Å². The van der Waals surface area contributed by atoms with Gasteiger partial charge in [0, 0.05) is 20.1 Å². The van der Waals surface area contributed by atoms with Crippen LogP contribution in [0.5, 0.6) is 0 Å². The zero-order chi connectivity index (χ0) is 13.2. The predicted octanol–water partition coefficient (Wildman–Crippen LogP) is 1.63. The number of aliphatic carboxylic acids is 1. The molecule has 1 N–H and O–H groups in total. The highest BCUT2D eigenvalue weighted by Crippen LogP contribution is 2.30. The molecule has 1 saturated carbocycles. The Morgan fingerprint density at radius 2 is 1.88 bits per heavy atom. The van der Waals surface area contributed by atoms with Gasteiger partial charge in [-0.2, -0.15) is 0 Å². The summed E-state index contributed by atoms with van der Waals surface area (Å²) in [6.45, 7) is 6.36. The van der Waals surface area contributed by atoms with Gasteiger partial charge in [0.15, 0.2) is 0 Å². The highest BCUT2D eigenvalue weighted by atomic mass is 16.4. The summed E-state index contributed by atoms with van der Waals surface area (Å²) in [5, 5.41) is 9.10. The second-order valence-electron chi connectivity index (χ2n) is 5.19. The molecular weight excluding hydrogens is 220 g/mol. The number of hydrogen-bond acceptors (Lipinski definition) is 2. The topological polar surface area (TPSA) is 60.9 Å². The number of rotatable bonds is 5. The molecule has 0 heterocycles. The molecule has 0 aliphatic heterocycles. The van der Waals surface area contributed by atoms with Crippen LogP contribution in [0.4, 0.5) is 4.79 Å². The molecule has 0 aromatic rings. The number of carboxylic acids is 1. The summed E-state index contributed by atoms with van der Waals surface area (Å²) in [7, 11) is 1.55. The minimum atomic E-state index is -1.17. The third-order valence-corrected chi connectivity index (χ3v) is 3.48. The van der Waals surface area contributed by atoms with E-state index >= 15 is 0 Å². The van der Waals surface area contributed by atoms with Crippen molar-refractivity contribution in [2.45, 2.75) is 39.2 Å². The third-order valence-electron chi connectivity index (χ3n) is 3.48. The van der Waals surface area contributed by atoms with E-state index < -0.39 is 11.5 Å². The maximum absolute atomic E-state index is 12.2. The van der Waals surface area contributed by atoms with Crippen LogP contribution in [0, 0.1) is 5.92 Å². The van der Waals surface area contributed by atoms with Gasteiger partial charge < -0.3 is 14.9 Å². The van der Waals surface area contributed by atoms with Crippen LogP contribution in [0.1, 0.15) is 33.6 Å². The van der Waals surface area contributed by atoms with E-state index in [1.807, 2.05) is 6.92 Å². The van der Waals surface area contributed by atoms with E-state index in [1.165, 1.54) is 31.6 Å². The molecule has 0 radical (unpaired) electrons. The Labute approximate surface area is 102 Å². The van der Waals surface area contributed by atoms with E-state index in [-0.39, 0.29) is 6.03 Å². The van der Waals surface area contributed by atoms with Crippen molar-refractivity contribution in [3.05, 3.63) is 0 Å². The average Bonchev–Trinajstić information content (AvgIpc) is 3.07. The molecule has 98 valence electrons. The normalized spacial score (nSPS) is 15.5. The van der Waals surface area contributed by atoms with Gasteiger partial charge in [-0.05, 0) is 39.5 Å². The zero-order valence-corrected chi connectivity index (χ0v) is 11.1. The van der Waals surface area contributed by atoms with E-state index in [0.717, 1.165) is 6.54 Å². The molecule has 0 aromatic carbocycles. The van der Waals surface area contributed by atoms with Crippen molar-refractivity contribution in [3.63, 3.8) is 0 Å². The molecule has 0 spiro atoms. The van der Waals surface area contributed by atoms with Crippen molar-refractivity contribution >= 4 is 12.0 Å². The van der Waals surface area contributed by atoms with Crippen LogP contribution in [-0.2, 0) is 4.79 Å². The number of hydrogen-bond donors (Lipinski definition) is 1. The number of nitrogens with zero attached hydrogens (tertiary/aromatic N) is 2. The minimum Gasteiger partial charge on any atom is -0.480 e. The summed E-state index contributed by atoms with van der Waals surface area (Å²) in [6.07, 6.45) is 2.35. The van der Waals surface area contributed by atoms with E-state index in [1.54, 1.807) is 11.9 Å². The standard InChI is InChI=1S/C12H22N2O3/c1-5-14(8-9-6-7-9)11(17)13(4)12(2,3)10(15)16/h9H,5-8H2,1-4H3,(H,15,16). The minimum absolute atomic E-state index is 0.202. The van der Waals surface area contributed by atoms with Crippen molar-refractivity contribution in [2.24, 2.45) is 5.92 Å². The van der Waals surface area contributed by atoms with Crippen LogP contribution < -0.4 is 0 Å². The van der Waals surface area contributed by atoms with Gasteiger partial charge in [-0.15, -0.1) is 0 Å². The lowest BCUT2D eigenvalue weighted by atomic mass is 10.0. The van der Waals surface area contributed by atoms with Crippen LogP contribution in [-0.4, -0.2) is 52.6 Å². The molecule has 0 bridgehead atoms. The summed E-state index contributed by atoms with van der Waals surface area (Å²) < 4.78 is 0. The molecule has 2 amide bonds. The van der Waals surface area contributed by atoms with E-state index in [2.05, 4.69) is 0 Å². The second kappa shape index (κ2) is 4.94.